The SMILES string of the molecule is CCCNC(=O)C(Cc1ccccc1)N(Cc1cccc(OC)c1)C(=O)CCCN1C(=O)c2cccc3cccc1c23. The van der Waals surface area contributed by atoms with Gasteiger partial charge in [-0.2, -0.15) is 0 Å². The van der Waals surface area contributed by atoms with Crippen molar-refractivity contribution >= 4 is 34.2 Å². The Hall–Kier alpha value is -4.65. The van der Waals surface area contributed by atoms with Crippen LogP contribution in [0.3, 0.4) is 0 Å². The molecule has 1 heterocycles. The Morgan fingerprint density at radius 3 is 2.43 bits per heavy atom. The van der Waals surface area contributed by atoms with Crippen LogP contribution in [0.15, 0.2) is 91.0 Å². The maximum absolute atomic E-state index is 14.0. The van der Waals surface area contributed by atoms with Crippen molar-refractivity contribution in [1.82, 2.24) is 10.2 Å². The molecule has 1 atom stereocenters. The summed E-state index contributed by atoms with van der Waals surface area (Å²) in [6.07, 6.45) is 1.87. The number of ether oxygens (including phenoxy) is 1. The van der Waals surface area contributed by atoms with Crippen LogP contribution in [-0.4, -0.2) is 48.9 Å². The second-order valence-electron chi connectivity index (χ2n) is 10.6. The molecule has 1 aliphatic rings. The first-order chi connectivity index (χ1) is 20.5. The van der Waals surface area contributed by atoms with Crippen LogP contribution in [0.4, 0.5) is 5.69 Å². The molecule has 0 radical (unpaired) electrons. The van der Waals surface area contributed by atoms with Crippen LogP contribution >= 0.6 is 0 Å². The van der Waals surface area contributed by atoms with E-state index in [1.165, 1.54) is 0 Å². The second kappa shape index (κ2) is 13.3. The van der Waals surface area contributed by atoms with Crippen molar-refractivity contribution in [3.63, 3.8) is 0 Å². The molecule has 3 amide bonds. The summed E-state index contributed by atoms with van der Waals surface area (Å²) >= 11 is 0. The van der Waals surface area contributed by atoms with E-state index in [4.69, 9.17) is 4.74 Å². The molecule has 5 rings (SSSR count). The highest BCUT2D eigenvalue weighted by Crippen LogP contribution is 2.37. The fourth-order valence-electron chi connectivity index (χ4n) is 5.62. The van der Waals surface area contributed by atoms with Crippen LogP contribution in [0.2, 0.25) is 0 Å². The van der Waals surface area contributed by atoms with Crippen molar-refractivity contribution in [2.45, 2.75) is 45.2 Å². The Labute approximate surface area is 247 Å². The summed E-state index contributed by atoms with van der Waals surface area (Å²) in [5.74, 6) is 0.348. The number of hydrogen-bond acceptors (Lipinski definition) is 4. The van der Waals surface area contributed by atoms with Crippen LogP contribution < -0.4 is 15.0 Å². The number of nitrogens with zero attached hydrogens (tertiary/aromatic N) is 2. The van der Waals surface area contributed by atoms with Gasteiger partial charge in [0.25, 0.3) is 5.91 Å². The molecule has 1 aliphatic heterocycles. The Kier molecular flexibility index (Phi) is 9.17. The van der Waals surface area contributed by atoms with E-state index in [1.54, 1.807) is 16.9 Å². The molecule has 4 aromatic carbocycles. The van der Waals surface area contributed by atoms with E-state index in [9.17, 15) is 14.4 Å². The van der Waals surface area contributed by atoms with Crippen molar-refractivity contribution in [3.05, 3.63) is 108 Å². The lowest BCUT2D eigenvalue weighted by Gasteiger charge is -2.32. The van der Waals surface area contributed by atoms with Crippen molar-refractivity contribution in [2.24, 2.45) is 0 Å². The average Bonchev–Trinajstić information content (AvgIpc) is 3.30. The number of benzene rings is 4. The summed E-state index contributed by atoms with van der Waals surface area (Å²) in [6.45, 7) is 3.22. The van der Waals surface area contributed by atoms with Gasteiger partial charge in [0.2, 0.25) is 11.8 Å². The van der Waals surface area contributed by atoms with Crippen LogP contribution in [0.5, 0.6) is 5.75 Å². The van der Waals surface area contributed by atoms with E-state index in [-0.39, 0.29) is 30.7 Å². The van der Waals surface area contributed by atoms with Crippen molar-refractivity contribution in [1.29, 1.82) is 0 Å². The Balaban J connectivity index is 1.37. The fourth-order valence-corrected chi connectivity index (χ4v) is 5.62. The van der Waals surface area contributed by atoms with Gasteiger partial charge < -0.3 is 19.9 Å². The third-order valence-electron chi connectivity index (χ3n) is 7.73. The lowest BCUT2D eigenvalue weighted by atomic mass is 10.0. The van der Waals surface area contributed by atoms with Crippen LogP contribution in [0, 0.1) is 0 Å². The van der Waals surface area contributed by atoms with Crippen LogP contribution in [0.1, 0.15) is 47.7 Å². The minimum absolute atomic E-state index is 0.0385. The third kappa shape index (κ3) is 6.30. The summed E-state index contributed by atoms with van der Waals surface area (Å²) in [7, 11) is 1.61. The van der Waals surface area contributed by atoms with Gasteiger partial charge in [0.1, 0.15) is 11.8 Å². The summed E-state index contributed by atoms with van der Waals surface area (Å²) < 4.78 is 5.42. The molecule has 216 valence electrons. The second-order valence-corrected chi connectivity index (χ2v) is 10.6. The molecule has 0 bridgehead atoms. The molecule has 7 nitrogen and oxygen atoms in total. The van der Waals surface area contributed by atoms with Crippen LogP contribution in [0.25, 0.3) is 10.8 Å². The zero-order chi connectivity index (χ0) is 29.5. The zero-order valence-electron chi connectivity index (χ0n) is 24.2. The van der Waals surface area contributed by atoms with Gasteiger partial charge in [0.05, 0.1) is 12.8 Å². The first-order valence-corrected chi connectivity index (χ1v) is 14.6. The summed E-state index contributed by atoms with van der Waals surface area (Å²) in [5.41, 5.74) is 3.44. The Bertz CT molecular complexity index is 1560. The predicted octanol–water partition coefficient (Wildman–Crippen LogP) is 5.76. The normalized spacial score (nSPS) is 12.8. The number of hydrogen-bond donors (Lipinski definition) is 1. The largest absolute Gasteiger partial charge is 0.497 e. The lowest BCUT2D eigenvalue weighted by molar-refractivity contribution is -0.141. The van der Waals surface area contributed by atoms with Crippen molar-refractivity contribution in [2.75, 3.05) is 25.1 Å². The topological polar surface area (TPSA) is 79.0 Å². The first-order valence-electron chi connectivity index (χ1n) is 14.6. The molecule has 1 N–H and O–H groups in total. The average molecular weight is 564 g/mol. The van der Waals surface area contributed by atoms with Gasteiger partial charge in [-0.1, -0.05) is 73.7 Å². The Morgan fingerprint density at radius 2 is 1.67 bits per heavy atom. The highest BCUT2D eigenvalue weighted by molar-refractivity contribution is 6.25. The number of nitrogens with one attached hydrogen (secondary N) is 1. The van der Waals surface area contributed by atoms with Gasteiger partial charge in [0.15, 0.2) is 0 Å². The van der Waals surface area contributed by atoms with Gasteiger partial charge in [-0.25, -0.2) is 0 Å². The van der Waals surface area contributed by atoms with Crippen LogP contribution in [-0.2, 0) is 22.6 Å². The molecule has 0 saturated heterocycles. The summed E-state index contributed by atoms with van der Waals surface area (Å²) in [4.78, 5) is 44.2. The predicted molar refractivity (Wildman–Crippen MR) is 166 cm³/mol. The number of anilines is 1. The minimum Gasteiger partial charge on any atom is -0.497 e. The molecule has 4 aromatic rings. The molecule has 1 unspecified atom stereocenters. The van der Waals surface area contributed by atoms with Gasteiger partial charge in [0, 0.05) is 43.4 Å². The van der Waals surface area contributed by atoms with E-state index >= 15 is 0 Å². The van der Waals surface area contributed by atoms with Crippen molar-refractivity contribution < 1.29 is 19.1 Å². The first kappa shape index (κ1) is 28.9. The number of carbonyl (C=O) groups is 3. The van der Waals surface area contributed by atoms with E-state index in [1.807, 2.05) is 97.9 Å². The molecule has 0 saturated carbocycles. The highest BCUT2D eigenvalue weighted by atomic mass is 16.5. The quantitative estimate of drug-likeness (QED) is 0.225. The minimum atomic E-state index is -0.691. The summed E-state index contributed by atoms with van der Waals surface area (Å²) in [6, 6.07) is 28.4. The zero-order valence-corrected chi connectivity index (χ0v) is 24.2. The molecule has 0 aliphatic carbocycles. The number of methoxy groups -OCH3 is 1. The maximum atomic E-state index is 14.0. The highest BCUT2D eigenvalue weighted by Gasteiger charge is 2.32. The maximum Gasteiger partial charge on any atom is 0.258 e. The molecule has 0 aromatic heterocycles. The van der Waals surface area contributed by atoms with Gasteiger partial charge in [-0.3, -0.25) is 14.4 Å². The number of amides is 3. The molecule has 0 fully saturated rings. The van der Waals surface area contributed by atoms with E-state index in [0.29, 0.717) is 37.2 Å². The lowest BCUT2D eigenvalue weighted by Crippen LogP contribution is -2.50. The molecule has 7 heteroatoms. The Morgan fingerprint density at radius 1 is 0.929 bits per heavy atom. The molecule has 42 heavy (non-hydrogen) atoms. The van der Waals surface area contributed by atoms with E-state index in [0.717, 1.165) is 34.0 Å². The third-order valence-corrected chi connectivity index (χ3v) is 7.73. The molecule has 0 spiro atoms. The smallest absolute Gasteiger partial charge is 0.258 e. The van der Waals surface area contributed by atoms with Gasteiger partial charge in [-0.15, -0.1) is 0 Å². The van der Waals surface area contributed by atoms with E-state index in [2.05, 4.69) is 5.32 Å². The van der Waals surface area contributed by atoms with E-state index < -0.39 is 6.04 Å². The fraction of sp³-hybridized carbons (Fsp3) is 0.286. The monoisotopic (exact) mass is 563 g/mol. The van der Waals surface area contributed by atoms with Crippen molar-refractivity contribution in [3.8, 4) is 5.75 Å². The summed E-state index contributed by atoms with van der Waals surface area (Å²) in [5, 5.41) is 5.01. The number of rotatable bonds is 13. The van der Waals surface area contributed by atoms with Gasteiger partial charge in [-0.05, 0) is 53.6 Å². The standard InChI is InChI=1S/C35H37N3O4/c1-3-20-36-34(40)31(23-25-11-5-4-6-12-25)38(24-26-13-7-16-28(22-26)42-2)32(39)19-10-21-37-30-18-9-15-27-14-8-17-29(33(27)30)35(37)41/h4-9,11-18,22,31H,3,10,19-21,23-24H2,1-2H3,(H,36,40). The van der Waals surface area contributed by atoms with Gasteiger partial charge >= 0.3 is 0 Å². The number of carbonyl (C=O) groups excluding carboxylic acids is 3. The molecular formula is C35H37N3O4. The molecular weight excluding hydrogens is 526 g/mol.